The lowest BCUT2D eigenvalue weighted by Crippen LogP contribution is -2.51. The Hall–Kier alpha value is -1.36. The molecule has 0 radical (unpaired) electrons. The van der Waals surface area contributed by atoms with E-state index in [0.29, 0.717) is 24.3 Å². The number of carbonyl (C=O) groups excluding carboxylic acids is 3. The number of likely N-dealkylation sites (tertiary alicyclic amines) is 1. The van der Waals surface area contributed by atoms with E-state index >= 15 is 0 Å². The molecule has 2 rings (SSSR count). The van der Waals surface area contributed by atoms with Crippen molar-refractivity contribution < 1.29 is 19.5 Å². The number of nitrogens with zero attached hydrogens (tertiary/aromatic N) is 1. The summed E-state index contributed by atoms with van der Waals surface area (Å²) in [6.07, 6.45) is 4.12. The quantitative estimate of drug-likeness (QED) is 0.704. The van der Waals surface area contributed by atoms with Gasteiger partial charge in [0.25, 0.3) is 0 Å². The van der Waals surface area contributed by atoms with Crippen molar-refractivity contribution in [1.82, 2.24) is 4.90 Å². The molecule has 2 aliphatic rings. The summed E-state index contributed by atoms with van der Waals surface area (Å²) in [5.41, 5.74) is 0. The average Bonchev–Trinajstić information content (AvgIpc) is 2.63. The molecule has 1 heterocycles. The van der Waals surface area contributed by atoms with Crippen molar-refractivity contribution in [1.29, 1.82) is 0 Å². The van der Waals surface area contributed by atoms with Gasteiger partial charge in [-0.05, 0) is 19.3 Å². The summed E-state index contributed by atoms with van der Waals surface area (Å²) in [7, 11) is 0. The smallest absolute Gasteiger partial charge is 0.234 e. The standard InChI is InChI=1S/C14H18ClNO4/c1-2-3-4-11(14(19)20)16-12(17)9-6-5-8(15)7-10(9)13(16)18/h5,9-11H,2-4,6-7H2,1H3,(H,19,20)/p-1/t9-,10-,11-/m0/s1. The van der Waals surface area contributed by atoms with Crippen LogP contribution >= 0.6 is 11.6 Å². The Balaban J connectivity index is 2.22. The van der Waals surface area contributed by atoms with E-state index < -0.39 is 35.7 Å². The van der Waals surface area contributed by atoms with E-state index in [0.717, 1.165) is 11.3 Å². The molecule has 3 atom stereocenters. The number of imide groups is 1. The number of halogens is 1. The second kappa shape index (κ2) is 5.95. The van der Waals surface area contributed by atoms with Crippen LogP contribution in [-0.4, -0.2) is 28.7 Å². The molecular weight excluding hydrogens is 282 g/mol. The number of rotatable bonds is 5. The zero-order valence-corrected chi connectivity index (χ0v) is 12.1. The van der Waals surface area contributed by atoms with Crippen molar-refractivity contribution in [2.24, 2.45) is 11.8 Å². The fourth-order valence-electron chi connectivity index (χ4n) is 2.91. The predicted molar refractivity (Wildman–Crippen MR) is 70.3 cm³/mol. The van der Waals surface area contributed by atoms with Crippen molar-refractivity contribution in [2.45, 2.75) is 45.1 Å². The van der Waals surface area contributed by atoms with E-state index in [1.807, 2.05) is 6.92 Å². The molecule has 1 fully saturated rings. The number of hydrogen-bond acceptors (Lipinski definition) is 4. The van der Waals surface area contributed by atoms with Gasteiger partial charge in [0.05, 0.1) is 23.8 Å². The molecule has 1 saturated heterocycles. The number of unbranched alkanes of at least 4 members (excludes halogenated alkanes) is 1. The maximum absolute atomic E-state index is 12.3. The van der Waals surface area contributed by atoms with Crippen molar-refractivity contribution in [2.75, 3.05) is 0 Å². The van der Waals surface area contributed by atoms with Gasteiger partial charge in [0.2, 0.25) is 11.8 Å². The van der Waals surface area contributed by atoms with E-state index in [-0.39, 0.29) is 6.42 Å². The van der Waals surface area contributed by atoms with Gasteiger partial charge in [0.1, 0.15) is 0 Å². The molecule has 0 aromatic heterocycles. The van der Waals surface area contributed by atoms with E-state index in [2.05, 4.69) is 0 Å². The highest BCUT2D eigenvalue weighted by Crippen LogP contribution is 2.40. The number of carbonyl (C=O) groups is 3. The SMILES string of the molecule is CCCC[C@@H](C(=O)[O-])N1C(=O)[C@H]2CC=C(Cl)C[C@@H]2C1=O. The highest BCUT2D eigenvalue weighted by atomic mass is 35.5. The number of carboxylic acid groups (broad SMARTS) is 1. The first-order valence-electron chi connectivity index (χ1n) is 6.89. The molecule has 110 valence electrons. The Morgan fingerprint density at radius 3 is 2.70 bits per heavy atom. The molecule has 1 aliphatic heterocycles. The zero-order valence-electron chi connectivity index (χ0n) is 11.3. The minimum Gasteiger partial charge on any atom is -0.548 e. The third-order valence-electron chi connectivity index (χ3n) is 4.02. The molecule has 0 unspecified atom stereocenters. The lowest BCUT2D eigenvalue weighted by Gasteiger charge is -2.27. The molecule has 2 amide bonds. The molecule has 6 heteroatoms. The van der Waals surface area contributed by atoms with Crippen LogP contribution in [-0.2, 0) is 14.4 Å². The van der Waals surface area contributed by atoms with Gasteiger partial charge in [-0.25, -0.2) is 0 Å². The van der Waals surface area contributed by atoms with E-state index in [1.165, 1.54) is 0 Å². The van der Waals surface area contributed by atoms with Crippen LogP contribution in [0.5, 0.6) is 0 Å². The zero-order chi connectivity index (χ0) is 14.9. The van der Waals surface area contributed by atoms with E-state index in [1.54, 1.807) is 6.08 Å². The maximum Gasteiger partial charge on any atom is 0.234 e. The largest absolute Gasteiger partial charge is 0.548 e. The van der Waals surface area contributed by atoms with Crippen molar-refractivity contribution in [3.05, 3.63) is 11.1 Å². The summed E-state index contributed by atoms with van der Waals surface area (Å²) < 4.78 is 0. The van der Waals surface area contributed by atoms with Crippen LogP contribution in [0.1, 0.15) is 39.0 Å². The Morgan fingerprint density at radius 1 is 1.45 bits per heavy atom. The summed E-state index contributed by atoms with van der Waals surface area (Å²) in [6.45, 7) is 1.92. The molecule has 20 heavy (non-hydrogen) atoms. The molecule has 0 aromatic rings. The van der Waals surface area contributed by atoms with Crippen LogP contribution in [0, 0.1) is 11.8 Å². The average molecular weight is 299 g/mol. The topological polar surface area (TPSA) is 77.5 Å². The second-order valence-corrected chi connectivity index (χ2v) is 5.81. The first kappa shape index (κ1) is 15.0. The van der Waals surface area contributed by atoms with Gasteiger partial charge < -0.3 is 9.90 Å². The fourth-order valence-corrected chi connectivity index (χ4v) is 3.17. The van der Waals surface area contributed by atoms with Gasteiger partial charge in [0.15, 0.2) is 0 Å². The van der Waals surface area contributed by atoms with Gasteiger partial charge in [-0.3, -0.25) is 14.5 Å². The van der Waals surface area contributed by atoms with Gasteiger partial charge in [0, 0.05) is 5.03 Å². The van der Waals surface area contributed by atoms with Gasteiger partial charge in [-0.15, -0.1) is 0 Å². The number of fused-ring (bicyclic) bond motifs is 1. The normalized spacial score (nSPS) is 27.3. The minimum atomic E-state index is -1.36. The molecule has 0 spiro atoms. The first-order chi connectivity index (χ1) is 9.47. The summed E-state index contributed by atoms with van der Waals surface area (Å²) in [5.74, 6) is -3.16. The molecule has 0 aromatic carbocycles. The first-order valence-corrected chi connectivity index (χ1v) is 7.27. The number of carboxylic acids is 1. The monoisotopic (exact) mass is 298 g/mol. The van der Waals surface area contributed by atoms with Crippen LogP contribution in [0.2, 0.25) is 0 Å². The maximum atomic E-state index is 12.3. The van der Waals surface area contributed by atoms with E-state index in [9.17, 15) is 19.5 Å². The van der Waals surface area contributed by atoms with Gasteiger partial charge in [-0.1, -0.05) is 37.4 Å². The number of amides is 2. The third-order valence-corrected chi connectivity index (χ3v) is 4.33. The van der Waals surface area contributed by atoms with Crippen LogP contribution in [0.15, 0.2) is 11.1 Å². The molecule has 0 N–H and O–H groups in total. The number of hydrogen-bond donors (Lipinski definition) is 0. The molecule has 0 saturated carbocycles. The summed E-state index contributed by atoms with van der Waals surface area (Å²) >= 11 is 5.92. The molecule has 1 aliphatic carbocycles. The van der Waals surface area contributed by atoms with Crippen molar-refractivity contribution in [3.63, 3.8) is 0 Å². The Kier molecular flexibility index (Phi) is 4.48. The molecular formula is C14H17ClNO4-. The van der Waals surface area contributed by atoms with Gasteiger partial charge in [-0.2, -0.15) is 0 Å². The van der Waals surface area contributed by atoms with Crippen molar-refractivity contribution >= 4 is 29.4 Å². The second-order valence-electron chi connectivity index (χ2n) is 5.33. The minimum absolute atomic E-state index is 0.247. The number of allylic oxidation sites excluding steroid dienone is 2. The van der Waals surface area contributed by atoms with Crippen LogP contribution < -0.4 is 5.11 Å². The van der Waals surface area contributed by atoms with Crippen molar-refractivity contribution in [3.8, 4) is 0 Å². The predicted octanol–water partition coefficient (Wildman–Crippen LogP) is 0.813. The summed E-state index contributed by atoms with van der Waals surface area (Å²) in [4.78, 5) is 36.8. The Morgan fingerprint density at radius 2 is 2.10 bits per heavy atom. The summed E-state index contributed by atoms with van der Waals surface area (Å²) in [5, 5.41) is 11.8. The lowest BCUT2D eigenvalue weighted by atomic mass is 9.85. The molecule has 0 bridgehead atoms. The highest BCUT2D eigenvalue weighted by molar-refractivity contribution is 6.30. The van der Waals surface area contributed by atoms with E-state index in [4.69, 9.17) is 11.6 Å². The number of aliphatic carboxylic acids is 1. The van der Waals surface area contributed by atoms with Crippen LogP contribution in [0.4, 0.5) is 0 Å². The summed E-state index contributed by atoms with van der Waals surface area (Å²) in [6, 6.07) is -1.15. The molecule has 5 nitrogen and oxygen atoms in total. The van der Waals surface area contributed by atoms with Gasteiger partial charge >= 0.3 is 0 Å². The third kappa shape index (κ3) is 2.59. The Bertz CT molecular complexity index is 474. The Labute approximate surface area is 122 Å². The van der Waals surface area contributed by atoms with Crippen LogP contribution in [0.25, 0.3) is 0 Å². The van der Waals surface area contributed by atoms with Crippen LogP contribution in [0.3, 0.4) is 0 Å². The fraction of sp³-hybridized carbons (Fsp3) is 0.643. The highest BCUT2D eigenvalue weighted by Gasteiger charge is 2.50. The lowest BCUT2D eigenvalue weighted by molar-refractivity contribution is -0.311.